The van der Waals surface area contributed by atoms with Gasteiger partial charge in [0.25, 0.3) is 0 Å². The van der Waals surface area contributed by atoms with Gasteiger partial charge < -0.3 is 10.1 Å². The normalized spacial score (nSPS) is 10.9. The first-order chi connectivity index (χ1) is 9.74. The predicted octanol–water partition coefficient (Wildman–Crippen LogP) is 4.39. The van der Waals surface area contributed by atoms with Gasteiger partial charge in [0.2, 0.25) is 5.88 Å². The Morgan fingerprint density at radius 2 is 2.15 bits per heavy atom. The van der Waals surface area contributed by atoms with E-state index in [0.717, 1.165) is 21.3 Å². The minimum absolute atomic E-state index is 0.625. The molecule has 104 valence electrons. The van der Waals surface area contributed by atoms with Gasteiger partial charge in [-0.25, -0.2) is 4.98 Å². The van der Waals surface area contributed by atoms with E-state index in [2.05, 4.69) is 26.2 Å². The average molecular weight is 333 g/mol. The van der Waals surface area contributed by atoms with Crippen molar-refractivity contribution in [3.63, 3.8) is 0 Å². The number of pyridine rings is 1. The number of rotatable bonds is 5. The molecule has 1 aromatic heterocycles. The molecule has 0 saturated heterocycles. The highest BCUT2D eigenvalue weighted by molar-refractivity contribution is 9.10. The fourth-order valence-electron chi connectivity index (χ4n) is 1.87. The Kier molecular flexibility index (Phi) is 5.32. The van der Waals surface area contributed by atoms with E-state index >= 15 is 0 Å². The highest BCUT2D eigenvalue weighted by Gasteiger charge is 2.09. The number of nitrogens with zero attached hydrogens (tertiary/aromatic N) is 1. The van der Waals surface area contributed by atoms with Crippen LogP contribution >= 0.6 is 15.9 Å². The molecule has 0 aliphatic rings. The second-order valence-electron chi connectivity index (χ2n) is 4.29. The summed E-state index contributed by atoms with van der Waals surface area (Å²) in [4.78, 5) is 4.36. The number of hydrogen-bond acceptors (Lipinski definition) is 3. The summed E-state index contributed by atoms with van der Waals surface area (Å²) in [5.74, 6) is 1.43. The molecule has 2 aromatic rings. The summed E-state index contributed by atoms with van der Waals surface area (Å²) in [5.41, 5.74) is 2.05. The molecule has 0 saturated carbocycles. The fourth-order valence-corrected chi connectivity index (χ4v) is 2.25. The van der Waals surface area contributed by atoms with E-state index in [4.69, 9.17) is 4.74 Å². The van der Waals surface area contributed by atoms with E-state index in [1.165, 1.54) is 0 Å². The second-order valence-corrected chi connectivity index (χ2v) is 5.20. The third kappa shape index (κ3) is 3.68. The molecule has 1 N–H and O–H groups in total. The van der Waals surface area contributed by atoms with E-state index < -0.39 is 0 Å². The molecule has 20 heavy (non-hydrogen) atoms. The van der Waals surface area contributed by atoms with Crippen molar-refractivity contribution in [3.05, 3.63) is 58.2 Å². The first kappa shape index (κ1) is 14.8. The van der Waals surface area contributed by atoms with Crippen LogP contribution in [0.25, 0.3) is 6.08 Å². The van der Waals surface area contributed by atoms with Gasteiger partial charge >= 0.3 is 0 Å². The Morgan fingerprint density at radius 3 is 2.90 bits per heavy atom. The Morgan fingerprint density at radius 1 is 1.35 bits per heavy atom. The van der Waals surface area contributed by atoms with Crippen LogP contribution in [0.5, 0.6) is 11.6 Å². The second kappa shape index (κ2) is 7.22. The van der Waals surface area contributed by atoms with Gasteiger partial charge in [0, 0.05) is 28.3 Å². The molecular formula is C16H17BrN2O. The van der Waals surface area contributed by atoms with Gasteiger partial charge in [-0.2, -0.15) is 0 Å². The molecule has 0 atom stereocenters. The summed E-state index contributed by atoms with van der Waals surface area (Å²) in [7, 11) is 1.90. The maximum atomic E-state index is 5.98. The van der Waals surface area contributed by atoms with Crippen LogP contribution in [0.2, 0.25) is 0 Å². The van der Waals surface area contributed by atoms with E-state index in [1.807, 2.05) is 56.5 Å². The van der Waals surface area contributed by atoms with Crippen LogP contribution in [0.4, 0.5) is 0 Å². The highest BCUT2D eigenvalue weighted by atomic mass is 79.9. The van der Waals surface area contributed by atoms with Crippen LogP contribution in [-0.4, -0.2) is 12.0 Å². The lowest BCUT2D eigenvalue weighted by Gasteiger charge is -2.12. The zero-order chi connectivity index (χ0) is 14.4. The van der Waals surface area contributed by atoms with Crippen molar-refractivity contribution in [2.24, 2.45) is 0 Å². The Balaban J connectivity index is 2.34. The van der Waals surface area contributed by atoms with E-state index in [0.29, 0.717) is 12.4 Å². The van der Waals surface area contributed by atoms with Crippen molar-refractivity contribution >= 4 is 22.0 Å². The summed E-state index contributed by atoms with van der Waals surface area (Å²) in [6, 6.07) is 9.93. The Labute approximate surface area is 127 Å². The van der Waals surface area contributed by atoms with Gasteiger partial charge in [0.05, 0.1) is 0 Å². The number of aromatic nitrogens is 1. The van der Waals surface area contributed by atoms with Crippen LogP contribution < -0.4 is 10.1 Å². The standard InChI is InChI=1S/C16H17BrN2O/c1-3-6-12-7-4-5-8-15(12)20-16-13(10-18-2)9-14(17)11-19-16/h3-9,11,18H,10H2,1-2H3. The number of hydrogen-bond donors (Lipinski definition) is 1. The quantitative estimate of drug-likeness (QED) is 0.881. The van der Waals surface area contributed by atoms with Crippen molar-refractivity contribution in [1.29, 1.82) is 0 Å². The molecule has 0 aliphatic carbocycles. The van der Waals surface area contributed by atoms with Gasteiger partial charge in [-0.3, -0.25) is 0 Å². The van der Waals surface area contributed by atoms with Crippen LogP contribution in [0.3, 0.4) is 0 Å². The van der Waals surface area contributed by atoms with Crippen molar-refractivity contribution in [2.45, 2.75) is 13.5 Å². The zero-order valence-corrected chi connectivity index (χ0v) is 13.1. The summed E-state index contributed by atoms with van der Waals surface area (Å²) in [6.07, 6.45) is 5.75. The maximum absolute atomic E-state index is 5.98. The number of nitrogens with one attached hydrogen (secondary N) is 1. The lowest BCUT2D eigenvalue weighted by molar-refractivity contribution is 0.453. The largest absolute Gasteiger partial charge is 0.438 e. The van der Waals surface area contributed by atoms with Crippen LogP contribution in [-0.2, 0) is 6.54 Å². The highest BCUT2D eigenvalue weighted by Crippen LogP contribution is 2.28. The number of ether oxygens (including phenoxy) is 1. The average Bonchev–Trinajstić information content (AvgIpc) is 2.44. The molecule has 4 heteroatoms. The molecule has 0 aliphatic heterocycles. The van der Waals surface area contributed by atoms with Gasteiger partial charge in [-0.15, -0.1) is 0 Å². The first-order valence-electron chi connectivity index (χ1n) is 6.43. The molecule has 0 spiro atoms. The molecule has 2 rings (SSSR count). The summed E-state index contributed by atoms with van der Waals surface area (Å²) < 4.78 is 6.92. The van der Waals surface area contributed by atoms with Crippen molar-refractivity contribution in [3.8, 4) is 11.6 Å². The third-order valence-electron chi connectivity index (χ3n) is 2.73. The van der Waals surface area contributed by atoms with E-state index in [1.54, 1.807) is 6.20 Å². The lowest BCUT2D eigenvalue weighted by Crippen LogP contribution is -2.07. The molecule has 1 aromatic carbocycles. The number of benzene rings is 1. The molecule has 3 nitrogen and oxygen atoms in total. The first-order valence-corrected chi connectivity index (χ1v) is 7.22. The fraction of sp³-hybridized carbons (Fsp3) is 0.188. The summed E-state index contributed by atoms with van der Waals surface area (Å²) in [6.45, 7) is 2.69. The smallest absolute Gasteiger partial charge is 0.223 e. The lowest BCUT2D eigenvalue weighted by atomic mass is 10.2. The van der Waals surface area contributed by atoms with Crippen LogP contribution in [0, 0.1) is 0 Å². The van der Waals surface area contributed by atoms with Gasteiger partial charge in [0.15, 0.2) is 0 Å². The van der Waals surface area contributed by atoms with Crippen LogP contribution in [0.15, 0.2) is 47.1 Å². The van der Waals surface area contributed by atoms with Crippen molar-refractivity contribution in [2.75, 3.05) is 7.05 Å². The van der Waals surface area contributed by atoms with Gasteiger partial charge in [-0.05, 0) is 42.0 Å². The monoisotopic (exact) mass is 332 g/mol. The topological polar surface area (TPSA) is 34.1 Å². The van der Waals surface area contributed by atoms with Crippen molar-refractivity contribution in [1.82, 2.24) is 10.3 Å². The third-order valence-corrected chi connectivity index (χ3v) is 3.16. The number of halogens is 1. The molecule has 0 bridgehead atoms. The van der Waals surface area contributed by atoms with Gasteiger partial charge in [0.1, 0.15) is 5.75 Å². The minimum Gasteiger partial charge on any atom is -0.438 e. The Bertz CT molecular complexity index is 611. The van der Waals surface area contributed by atoms with Crippen molar-refractivity contribution < 1.29 is 4.74 Å². The molecule has 0 fully saturated rings. The summed E-state index contributed by atoms with van der Waals surface area (Å²) in [5, 5.41) is 3.12. The molecule has 0 radical (unpaired) electrons. The minimum atomic E-state index is 0.625. The molecule has 0 unspecified atom stereocenters. The predicted molar refractivity (Wildman–Crippen MR) is 85.9 cm³/mol. The number of para-hydroxylation sites is 1. The number of allylic oxidation sites excluding steroid dienone is 1. The summed E-state index contributed by atoms with van der Waals surface area (Å²) >= 11 is 3.43. The zero-order valence-electron chi connectivity index (χ0n) is 11.6. The molecule has 1 heterocycles. The maximum Gasteiger partial charge on any atom is 0.223 e. The van der Waals surface area contributed by atoms with E-state index in [9.17, 15) is 0 Å². The molecular weight excluding hydrogens is 316 g/mol. The molecule has 0 amide bonds. The van der Waals surface area contributed by atoms with Crippen LogP contribution in [0.1, 0.15) is 18.1 Å². The van der Waals surface area contributed by atoms with E-state index in [-0.39, 0.29) is 0 Å². The SMILES string of the molecule is CC=Cc1ccccc1Oc1ncc(Br)cc1CNC. The Hall–Kier alpha value is -1.65. The van der Waals surface area contributed by atoms with Gasteiger partial charge in [-0.1, -0.05) is 30.4 Å².